The van der Waals surface area contributed by atoms with E-state index in [0.717, 1.165) is 22.6 Å². The number of sulfonamides is 1. The van der Waals surface area contributed by atoms with E-state index in [0.29, 0.717) is 19.6 Å². The van der Waals surface area contributed by atoms with E-state index in [9.17, 15) is 13.5 Å². The van der Waals surface area contributed by atoms with E-state index in [4.69, 9.17) is 4.42 Å². The minimum absolute atomic E-state index is 0.0194. The zero-order valence-corrected chi connectivity index (χ0v) is 16.2. The second kappa shape index (κ2) is 7.52. The number of hydrogen-bond donors (Lipinski definition) is 1. The zero-order valence-electron chi connectivity index (χ0n) is 15.4. The first-order valence-electron chi connectivity index (χ1n) is 8.71. The summed E-state index contributed by atoms with van der Waals surface area (Å²) in [6, 6.07) is 12.0. The summed E-state index contributed by atoms with van der Waals surface area (Å²) in [5, 5.41) is 10.2. The molecular weight excluding hydrogens is 352 g/mol. The fourth-order valence-corrected chi connectivity index (χ4v) is 4.44. The first-order valence-corrected chi connectivity index (χ1v) is 10.3. The van der Waals surface area contributed by atoms with Gasteiger partial charge in [-0.1, -0.05) is 24.3 Å². The van der Waals surface area contributed by atoms with Crippen molar-refractivity contribution in [2.24, 2.45) is 5.92 Å². The fraction of sp³-hybridized carbons (Fsp3) is 0.474. The number of nitrogens with zero attached hydrogens (tertiary/aromatic N) is 2. The largest absolute Gasteiger partial charge is 0.461 e. The molecule has 1 aliphatic rings. The molecule has 2 heterocycles. The SMILES string of the molecule is Cc1ccc(-c2ccc(CN3C[C@@H](CS(=O)(=O)N(C)C)[C@H](O)C3)cc2)o1. The maximum Gasteiger partial charge on any atom is 0.214 e. The summed E-state index contributed by atoms with van der Waals surface area (Å²) in [6.45, 7) is 3.68. The Bertz CT molecular complexity index is 843. The molecule has 1 aromatic carbocycles. The first-order chi connectivity index (χ1) is 12.2. The number of aliphatic hydroxyl groups excluding tert-OH is 1. The van der Waals surface area contributed by atoms with Gasteiger partial charge in [-0.2, -0.15) is 0 Å². The fourth-order valence-electron chi connectivity index (χ4n) is 3.28. The number of likely N-dealkylation sites (tertiary alicyclic amines) is 1. The van der Waals surface area contributed by atoms with Crippen molar-refractivity contribution in [1.82, 2.24) is 9.21 Å². The van der Waals surface area contributed by atoms with Crippen LogP contribution in [0.2, 0.25) is 0 Å². The van der Waals surface area contributed by atoms with Crippen LogP contribution in [0.5, 0.6) is 0 Å². The molecule has 1 aliphatic heterocycles. The highest BCUT2D eigenvalue weighted by molar-refractivity contribution is 7.89. The summed E-state index contributed by atoms with van der Waals surface area (Å²) in [5.41, 5.74) is 2.15. The van der Waals surface area contributed by atoms with Crippen LogP contribution in [0.4, 0.5) is 0 Å². The van der Waals surface area contributed by atoms with Gasteiger partial charge in [0.05, 0.1) is 11.9 Å². The van der Waals surface area contributed by atoms with E-state index >= 15 is 0 Å². The number of benzene rings is 1. The van der Waals surface area contributed by atoms with Crippen molar-refractivity contribution >= 4 is 10.0 Å². The van der Waals surface area contributed by atoms with Gasteiger partial charge in [-0.05, 0) is 24.6 Å². The Morgan fingerprint density at radius 1 is 1.15 bits per heavy atom. The molecule has 1 saturated heterocycles. The predicted octanol–water partition coefficient (Wildman–Crippen LogP) is 1.94. The molecule has 2 aromatic rings. The van der Waals surface area contributed by atoms with Gasteiger partial charge in [0.1, 0.15) is 11.5 Å². The highest BCUT2D eigenvalue weighted by Gasteiger charge is 2.35. The quantitative estimate of drug-likeness (QED) is 0.832. The van der Waals surface area contributed by atoms with Gasteiger partial charge < -0.3 is 9.52 Å². The van der Waals surface area contributed by atoms with Crippen molar-refractivity contribution in [3.63, 3.8) is 0 Å². The van der Waals surface area contributed by atoms with Crippen LogP contribution in [0.25, 0.3) is 11.3 Å². The smallest absolute Gasteiger partial charge is 0.214 e. The predicted molar refractivity (Wildman–Crippen MR) is 101 cm³/mol. The van der Waals surface area contributed by atoms with Gasteiger partial charge in [0.2, 0.25) is 10.0 Å². The topological polar surface area (TPSA) is 74.0 Å². The van der Waals surface area contributed by atoms with E-state index < -0.39 is 16.1 Å². The Morgan fingerprint density at radius 3 is 2.42 bits per heavy atom. The highest BCUT2D eigenvalue weighted by atomic mass is 32.2. The van der Waals surface area contributed by atoms with Crippen LogP contribution in [-0.4, -0.2) is 61.8 Å². The van der Waals surface area contributed by atoms with Crippen LogP contribution in [-0.2, 0) is 16.6 Å². The summed E-state index contributed by atoms with van der Waals surface area (Å²) in [6.07, 6.45) is -0.616. The molecule has 0 aliphatic carbocycles. The molecular formula is C19H26N2O4S. The van der Waals surface area contributed by atoms with Crippen molar-refractivity contribution in [2.45, 2.75) is 19.6 Å². The lowest BCUT2D eigenvalue weighted by atomic mass is 10.1. The van der Waals surface area contributed by atoms with Crippen molar-refractivity contribution < 1.29 is 17.9 Å². The Labute approximate surface area is 155 Å². The summed E-state index contributed by atoms with van der Waals surface area (Å²) in [5.74, 6) is 1.45. The van der Waals surface area contributed by atoms with Crippen LogP contribution in [0.15, 0.2) is 40.8 Å². The van der Waals surface area contributed by atoms with Crippen molar-refractivity contribution in [3.8, 4) is 11.3 Å². The van der Waals surface area contributed by atoms with Gasteiger partial charge in [0.15, 0.2) is 0 Å². The molecule has 7 heteroatoms. The van der Waals surface area contributed by atoms with Crippen LogP contribution in [0, 0.1) is 12.8 Å². The third-order valence-corrected chi connectivity index (χ3v) is 6.81. The average Bonchev–Trinajstić information content (AvgIpc) is 3.14. The summed E-state index contributed by atoms with van der Waals surface area (Å²) in [4.78, 5) is 2.10. The number of aliphatic hydroxyl groups is 1. The molecule has 0 saturated carbocycles. The second-order valence-electron chi connectivity index (χ2n) is 7.19. The highest BCUT2D eigenvalue weighted by Crippen LogP contribution is 2.25. The van der Waals surface area contributed by atoms with E-state index in [1.165, 1.54) is 18.4 Å². The van der Waals surface area contributed by atoms with Gasteiger partial charge in [-0.15, -0.1) is 0 Å². The third-order valence-electron chi connectivity index (χ3n) is 4.85. The molecule has 0 unspecified atom stereocenters. The Hall–Kier alpha value is -1.67. The lowest BCUT2D eigenvalue weighted by Crippen LogP contribution is -2.33. The Morgan fingerprint density at radius 2 is 1.85 bits per heavy atom. The molecule has 1 N–H and O–H groups in total. The average molecular weight is 378 g/mol. The van der Waals surface area contributed by atoms with Gasteiger partial charge in [0, 0.05) is 45.2 Å². The molecule has 2 atom stereocenters. The molecule has 0 bridgehead atoms. The number of furan rings is 1. The first kappa shape index (κ1) is 19.1. The standard InChI is InChI=1S/C19H26N2O4S/c1-14-4-9-19(25-14)16-7-5-15(6-8-16)10-21-11-17(18(22)12-21)13-26(23,24)20(2)3/h4-9,17-18,22H,10-13H2,1-3H3/t17-,18+/m0/s1. The lowest BCUT2D eigenvalue weighted by Gasteiger charge is -2.18. The van der Waals surface area contributed by atoms with Crippen LogP contribution in [0.3, 0.4) is 0 Å². The van der Waals surface area contributed by atoms with E-state index in [1.54, 1.807) is 0 Å². The normalized spacial score (nSPS) is 21.6. The van der Waals surface area contributed by atoms with Crippen LogP contribution < -0.4 is 0 Å². The van der Waals surface area contributed by atoms with Gasteiger partial charge >= 0.3 is 0 Å². The van der Waals surface area contributed by atoms with Crippen LogP contribution >= 0.6 is 0 Å². The maximum absolute atomic E-state index is 12.1. The van der Waals surface area contributed by atoms with Crippen molar-refractivity contribution in [1.29, 1.82) is 0 Å². The molecule has 0 spiro atoms. The van der Waals surface area contributed by atoms with E-state index in [2.05, 4.69) is 4.90 Å². The Balaban J connectivity index is 1.61. The minimum atomic E-state index is -3.31. The summed E-state index contributed by atoms with van der Waals surface area (Å²) < 4.78 is 31.0. The van der Waals surface area contributed by atoms with E-state index in [-0.39, 0.29) is 11.7 Å². The van der Waals surface area contributed by atoms with Crippen LogP contribution in [0.1, 0.15) is 11.3 Å². The number of rotatable bonds is 6. The molecule has 26 heavy (non-hydrogen) atoms. The molecule has 0 radical (unpaired) electrons. The maximum atomic E-state index is 12.1. The second-order valence-corrected chi connectivity index (χ2v) is 9.42. The monoisotopic (exact) mass is 378 g/mol. The zero-order chi connectivity index (χ0) is 18.9. The van der Waals surface area contributed by atoms with Crippen molar-refractivity contribution in [3.05, 3.63) is 47.7 Å². The molecule has 1 fully saturated rings. The summed E-state index contributed by atoms with van der Waals surface area (Å²) >= 11 is 0. The number of β-amino-alcohol motifs (C(OH)–C–C–N with tert-alkyl or cyclic N) is 1. The van der Waals surface area contributed by atoms with Gasteiger partial charge in [-0.3, -0.25) is 4.90 Å². The minimum Gasteiger partial charge on any atom is -0.461 e. The number of aryl methyl sites for hydroxylation is 1. The summed E-state index contributed by atoms with van der Waals surface area (Å²) in [7, 11) is -0.260. The molecule has 142 valence electrons. The lowest BCUT2D eigenvalue weighted by molar-refractivity contribution is 0.148. The number of hydrogen-bond acceptors (Lipinski definition) is 5. The van der Waals surface area contributed by atoms with Gasteiger partial charge in [0.25, 0.3) is 0 Å². The molecule has 0 amide bonds. The molecule has 3 rings (SSSR count). The Kier molecular flexibility index (Phi) is 5.53. The molecule has 1 aromatic heterocycles. The van der Waals surface area contributed by atoms with Crippen molar-refractivity contribution in [2.75, 3.05) is 32.9 Å². The van der Waals surface area contributed by atoms with E-state index in [1.807, 2.05) is 43.3 Å². The third kappa shape index (κ3) is 4.35. The molecule has 6 nitrogen and oxygen atoms in total. The van der Waals surface area contributed by atoms with Gasteiger partial charge in [-0.25, -0.2) is 12.7 Å².